The molecule has 0 aliphatic heterocycles. The molecule has 0 saturated heterocycles. The van der Waals surface area contributed by atoms with Crippen LogP contribution in [0, 0.1) is 4.77 Å². The predicted molar refractivity (Wildman–Crippen MR) is 73.0 cm³/mol. The maximum atomic E-state index is 11.4. The summed E-state index contributed by atoms with van der Waals surface area (Å²) in [5.74, 6) is 0. The molecule has 0 spiro atoms. The van der Waals surface area contributed by atoms with Gasteiger partial charge in [0.2, 0.25) is 0 Å². The Bertz CT molecular complexity index is 748. The van der Waals surface area contributed by atoms with E-state index in [-0.39, 0.29) is 11.2 Å². The largest absolute Gasteiger partial charge is 0.330 e. The number of halogens is 1. The number of aromatic amines is 1. The van der Waals surface area contributed by atoms with Gasteiger partial charge in [-0.15, -0.1) is 0 Å². The first kappa shape index (κ1) is 13.5. The average molecular weight is 307 g/mol. The molecule has 0 saturated carbocycles. The number of hydrogen-bond donors (Lipinski definition) is 2. The summed E-state index contributed by atoms with van der Waals surface area (Å²) in [7, 11) is -4.22. The van der Waals surface area contributed by atoms with E-state index in [2.05, 4.69) is 4.98 Å². The predicted octanol–water partition coefficient (Wildman–Crippen LogP) is 3.15. The smallest absolute Gasteiger partial charge is 0.286 e. The maximum absolute atomic E-state index is 11.4. The molecule has 1 aromatic heterocycles. The third-order valence-electron chi connectivity index (χ3n) is 2.66. The van der Waals surface area contributed by atoms with E-state index in [0.29, 0.717) is 16.1 Å². The van der Waals surface area contributed by atoms with Crippen LogP contribution >= 0.6 is 23.8 Å². The molecule has 1 heterocycles. The van der Waals surface area contributed by atoms with Crippen LogP contribution < -0.4 is 0 Å². The molecule has 2 N–H and O–H groups in total. The molecule has 0 radical (unpaired) electrons. The molecule has 98 valence electrons. The molecular weight excluding hydrogens is 296 g/mol. The quantitative estimate of drug-likeness (QED) is 0.675. The molecule has 0 bridgehead atoms. The zero-order chi connectivity index (χ0) is 13.5. The van der Waals surface area contributed by atoms with E-state index in [4.69, 9.17) is 23.8 Å². The molecule has 0 fully saturated rings. The van der Waals surface area contributed by atoms with Gasteiger partial charge in [0.05, 0.1) is 11.0 Å². The van der Waals surface area contributed by atoms with Crippen molar-refractivity contribution in [3.05, 3.63) is 28.0 Å². The van der Waals surface area contributed by atoms with Gasteiger partial charge in [-0.05, 0) is 36.8 Å². The second-order valence-corrected chi connectivity index (χ2v) is 6.24. The summed E-state index contributed by atoms with van der Waals surface area (Å²) in [6, 6.07) is 4.96. The molecule has 0 amide bonds. The Balaban J connectivity index is 2.78. The van der Waals surface area contributed by atoms with E-state index >= 15 is 0 Å². The van der Waals surface area contributed by atoms with Crippen LogP contribution in [0.15, 0.2) is 18.2 Å². The van der Waals surface area contributed by atoms with Gasteiger partial charge in [-0.2, -0.15) is 8.42 Å². The van der Waals surface area contributed by atoms with Crippen LogP contribution in [0.1, 0.15) is 18.7 Å². The lowest BCUT2D eigenvalue weighted by molar-refractivity contribution is 0.442. The van der Waals surface area contributed by atoms with Crippen molar-refractivity contribution in [1.29, 1.82) is 0 Å². The minimum absolute atomic E-state index is 0.211. The standard InChI is InChI=1S/C10H11ClN2O3S2/c1-2-9(18(14,15)16)13-8-4-3-6(11)5-7(8)12-10(13)17/h3-5,9H,2H2,1H3,(H,12,17)(H,14,15,16). The van der Waals surface area contributed by atoms with Gasteiger partial charge in [0.25, 0.3) is 10.1 Å². The van der Waals surface area contributed by atoms with Crippen molar-refractivity contribution in [1.82, 2.24) is 9.55 Å². The van der Waals surface area contributed by atoms with Crippen molar-refractivity contribution in [2.45, 2.75) is 18.7 Å². The zero-order valence-electron chi connectivity index (χ0n) is 9.42. The molecule has 0 aliphatic carbocycles. The highest BCUT2D eigenvalue weighted by Gasteiger charge is 2.25. The van der Waals surface area contributed by atoms with E-state index < -0.39 is 15.5 Å². The third-order valence-corrected chi connectivity index (χ3v) is 4.43. The van der Waals surface area contributed by atoms with Crippen LogP contribution in [-0.2, 0) is 10.1 Å². The highest BCUT2D eigenvalue weighted by atomic mass is 35.5. The molecule has 2 rings (SSSR count). The molecule has 2 aromatic rings. The molecule has 1 aromatic carbocycles. The van der Waals surface area contributed by atoms with Gasteiger partial charge in [0.1, 0.15) is 0 Å². The van der Waals surface area contributed by atoms with Crippen molar-refractivity contribution >= 4 is 45.0 Å². The number of hydrogen-bond acceptors (Lipinski definition) is 3. The fourth-order valence-corrected chi connectivity index (χ4v) is 3.40. The van der Waals surface area contributed by atoms with Crippen LogP contribution in [0.3, 0.4) is 0 Å². The van der Waals surface area contributed by atoms with E-state index in [9.17, 15) is 13.0 Å². The lowest BCUT2D eigenvalue weighted by Crippen LogP contribution is -2.18. The summed E-state index contributed by atoms with van der Waals surface area (Å²) >= 11 is 10.9. The summed E-state index contributed by atoms with van der Waals surface area (Å²) in [6.45, 7) is 1.66. The third kappa shape index (κ3) is 2.31. The normalized spacial score (nSPS) is 13.9. The Morgan fingerprint density at radius 3 is 2.78 bits per heavy atom. The summed E-state index contributed by atoms with van der Waals surface area (Å²) in [4.78, 5) is 2.87. The fraction of sp³-hybridized carbons (Fsp3) is 0.300. The minimum atomic E-state index is -4.22. The first-order chi connectivity index (χ1) is 8.34. The maximum Gasteiger partial charge on any atom is 0.286 e. The van der Waals surface area contributed by atoms with Crippen molar-refractivity contribution in [3.8, 4) is 0 Å². The van der Waals surface area contributed by atoms with Gasteiger partial charge in [-0.3, -0.25) is 9.12 Å². The number of nitrogens with one attached hydrogen (secondary N) is 1. The molecule has 18 heavy (non-hydrogen) atoms. The summed E-state index contributed by atoms with van der Waals surface area (Å²) in [6.07, 6.45) is 0.211. The number of benzene rings is 1. The highest BCUT2D eigenvalue weighted by Crippen LogP contribution is 2.26. The van der Waals surface area contributed by atoms with Gasteiger partial charge in [-0.1, -0.05) is 18.5 Å². The molecule has 5 nitrogen and oxygen atoms in total. The van der Waals surface area contributed by atoms with Crippen LogP contribution in [0.4, 0.5) is 0 Å². The molecule has 1 atom stereocenters. The van der Waals surface area contributed by atoms with E-state index in [1.807, 2.05) is 0 Å². The number of fused-ring (bicyclic) bond motifs is 1. The van der Waals surface area contributed by atoms with Gasteiger partial charge >= 0.3 is 0 Å². The Kier molecular flexibility index (Phi) is 3.50. The van der Waals surface area contributed by atoms with Crippen molar-refractivity contribution < 1.29 is 13.0 Å². The number of nitrogens with zero attached hydrogens (tertiary/aromatic N) is 1. The van der Waals surface area contributed by atoms with Crippen molar-refractivity contribution in [2.24, 2.45) is 0 Å². The first-order valence-electron chi connectivity index (χ1n) is 5.20. The lowest BCUT2D eigenvalue weighted by Gasteiger charge is -2.14. The SMILES string of the molecule is CCC(n1c(=S)[nH]c2cc(Cl)ccc21)S(=O)(=O)O. The lowest BCUT2D eigenvalue weighted by atomic mass is 10.3. The number of rotatable bonds is 3. The van der Waals surface area contributed by atoms with Crippen LogP contribution in [-0.4, -0.2) is 22.5 Å². The van der Waals surface area contributed by atoms with Crippen molar-refractivity contribution in [3.63, 3.8) is 0 Å². The fourth-order valence-electron chi connectivity index (χ4n) is 1.92. The molecule has 8 heteroatoms. The minimum Gasteiger partial charge on any atom is -0.330 e. The molecule has 1 unspecified atom stereocenters. The Morgan fingerprint density at radius 1 is 1.56 bits per heavy atom. The van der Waals surface area contributed by atoms with Gasteiger partial charge < -0.3 is 4.98 Å². The summed E-state index contributed by atoms with van der Waals surface area (Å²) in [5, 5.41) is -0.578. The van der Waals surface area contributed by atoms with Gasteiger partial charge in [-0.25, -0.2) is 0 Å². The summed E-state index contributed by atoms with van der Waals surface area (Å²) in [5.41, 5.74) is 1.23. The zero-order valence-corrected chi connectivity index (χ0v) is 11.8. The van der Waals surface area contributed by atoms with Crippen LogP contribution in [0.5, 0.6) is 0 Å². The number of H-pyrrole nitrogens is 1. The molecular formula is C10H11ClN2O3S2. The van der Waals surface area contributed by atoms with Gasteiger partial charge in [0.15, 0.2) is 10.1 Å². The highest BCUT2D eigenvalue weighted by molar-refractivity contribution is 7.85. The topological polar surface area (TPSA) is 75.1 Å². The Labute approximate surface area is 114 Å². The van der Waals surface area contributed by atoms with E-state index in [0.717, 1.165) is 0 Å². The van der Waals surface area contributed by atoms with E-state index in [1.165, 1.54) is 4.57 Å². The van der Waals surface area contributed by atoms with Gasteiger partial charge in [0, 0.05) is 5.02 Å². The molecule has 0 aliphatic rings. The summed E-state index contributed by atoms with van der Waals surface area (Å²) < 4.78 is 33.6. The number of imidazole rings is 1. The van der Waals surface area contributed by atoms with Crippen LogP contribution in [0.2, 0.25) is 5.02 Å². The van der Waals surface area contributed by atoms with E-state index in [1.54, 1.807) is 25.1 Å². The monoisotopic (exact) mass is 306 g/mol. The first-order valence-corrected chi connectivity index (χ1v) is 7.49. The van der Waals surface area contributed by atoms with Crippen molar-refractivity contribution in [2.75, 3.05) is 0 Å². The Hall–Kier alpha value is -0.890. The van der Waals surface area contributed by atoms with Crippen LogP contribution in [0.25, 0.3) is 11.0 Å². The average Bonchev–Trinajstić information content (AvgIpc) is 2.54. The second-order valence-electron chi connectivity index (χ2n) is 3.84. The number of aromatic nitrogens is 2. The Morgan fingerprint density at radius 2 is 2.22 bits per heavy atom. The second kappa shape index (κ2) is 4.65.